The predicted molar refractivity (Wildman–Crippen MR) is 110 cm³/mol. The Labute approximate surface area is 167 Å². The molecule has 1 aliphatic carbocycles. The van der Waals surface area contributed by atoms with Crippen LogP contribution < -0.4 is 5.73 Å². The normalized spacial score (nSPS) is 21.2. The summed E-state index contributed by atoms with van der Waals surface area (Å²) in [7, 11) is 0. The molecule has 4 rings (SSSR count). The smallest absolute Gasteiger partial charge is 0.274 e. The van der Waals surface area contributed by atoms with Gasteiger partial charge in [-0.2, -0.15) is 5.10 Å². The Hall–Kier alpha value is -1.85. The summed E-state index contributed by atoms with van der Waals surface area (Å²) in [4.78, 5) is 15.2. The number of hydrogen-bond acceptors (Lipinski definition) is 3. The lowest BCUT2D eigenvalue weighted by Crippen LogP contribution is -2.35. The minimum absolute atomic E-state index is 0. The Morgan fingerprint density at radius 1 is 1.26 bits per heavy atom. The largest absolute Gasteiger partial charge is 0.334 e. The topological polar surface area (TPSA) is 64.2 Å². The molecule has 0 saturated carbocycles. The van der Waals surface area contributed by atoms with Crippen LogP contribution in [0.1, 0.15) is 54.0 Å². The molecule has 2 atom stereocenters. The highest BCUT2D eigenvalue weighted by Crippen LogP contribution is 2.31. The molecule has 2 heterocycles. The molecule has 0 radical (unpaired) electrons. The number of aromatic nitrogens is 2. The van der Waals surface area contributed by atoms with Crippen molar-refractivity contribution in [1.82, 2.24) is 14.7 Å². The number of fused-ring (bicyclic) bond motifs is 1. The van der Waals surface area contributed by atoms with Crippen LogP contribution in [0.2, 0.25) is 0 Å². The highest BCUT2D eigenvalue weighted by atomic mass is 35.5. The number of benzene rings is 1. The summed E-state index contributed by atoms with van der Waals surface area (Å²) in [6, 6.07) is 8.76. The van der Waals surface area contributed by atoms with Gasteiger partial charge in [-0.1, -0.05) is 19.1 Å². The van der Waals surface area contributed by atoms with E-state index in [2.05, 4.69) is 38.1 Å². The Kier molecular flexibility index (Phi) is 5.92. The summed E-state index contributed by atoms with van der Waals surface area (Å²) in [5.41, 5.74) is 11.2. The van der Waals surface area contributed by atoms with E-state index in [-0.39, 0.29) is 24.4 Å². The first-order valence-electron chi connectivity index (χ1n) is 9.83. The molecule has 1 aromatic heterocycles. The Balaban J connectivity index is 0.00000210. The van der Waals surface area contributed by atoms with Crippen molar-refractivity contribution in [2.24, 2.45) is 11.7 Å². The molecule has 146 valence electrons. The fraction of sp³-hybridized carbons (Fsp3) is 0.524. The monoisotopic (exact) mass is 388 g/mol. The summed E-state index contributed by atoms with van der Waals surface area (Å²) < 4.78 is 2.00. The number of likely N-dealkylation sites (tertiary alicyclic amines) is 1. The van der Waals surface area contributed by atoms with Gasteiger partial charge in [0.15, 0.2) is 5.69 Å². The van der Waals surface area contributed by atoms with Crippen molar-refractivity contribution in [2.75, 3.05) is 13.1 Å². The maximum Gasteiger partial charge on any atom is 0.274 e. The summed E-state index contributed by atoms with van der Waals surface area (Å²) in [5, 5.41) is 4.78. The Bertz CT molecular complexity index is 814. The lowest BCUT2D eigenvalue weighted by molar-refractivity contribution is 0.0736. The summed E-state index contributed by atoms with van der Waals surface area (Å²) in [5.74, 6) is 0.487. The molecule has 1 aliphatic heterocycles. The Morgan fingerprint density at radius 3 is 2.63 bits per heavy atom. The van der Waals surface area contributed by atoms with Gasteiger partial charge in [-0.05, 0) is 69.2 Å². The van der Waals surface area contributed by atoms with E-state index in [1.165, 1.54) is 11.3 Å². The third-order valence-corrected chi connectivity index (χ3v) is 5.98. The lowest BCUT2D eigenvalue weighted by Gasteiger charge is -2.20. The summed E-state index contributed by atoms with van der Waals surface area (Å²) in [6.45, 7) is 5.67. The highest BCUT2D eigenvalue weighted by molar-refractivity contribution is 5.94. The zero-order chi connectivity index (χ0) is 18.3. The number of amides is 1. The standard InChI is InChI=1S/C21H28N4O.ClH/c1-3-15-7-9-17(10-8-15)25-19-6-4-5-18(19)20(23-25)21(26)24-13-16(12-22)11-14(24)2;/h7-10,14,16H,3-6,11-13,22H2,1-2H3;1H. The molecule has 1 amide bonds. The summed E-state index contributed by atoms with van der Waals surface area (Å²) in [6.07, 6.45) is 5.06. The van der Waals surface area contributed by atoms with Crippen molar-refractivity contribution in [3.05, 3.63) is 46.8 Å². The fourth-order valence-corrected chi connectivity index (χ4v) is 4.43. The van der Waals surface area contributed by atoms with Crippen molar-refractivity contribution < 1.29 is 4.79 Å². The molecule has 2 aliphatic rings. The Morgan fingerprint density at radius 2 is 2.00 bits per heavy atom. The lowest BCUT2D eigenvalue weighted by atomic mass is 10.1. The van der Waals surface area contributed by atoms with Crippen LogP contribution in [0.25, 0.3) is 5.69 Å². The van der Waals surface area contributed by atoms with Gasteiger partial charge in [0.25, 0.3) is 5.91 Å². The number of aryl methyl sites for hydroxylation is 1. The van der Waals surface area contributed by atoms with E-state index < -0.39 is 0 Å². The first kappa shape index (κ1) is 19.9. The maximum absolute atomic E-state index is 13.2. The van der Waals surface area contributed by atoms with Crippen molar-refractivity contribution in [2.45, 2.75) is 52.0 Å². The van der Waals surface area contributed by atoms with Crippen LogP contribution in [0.5, 0.6) is 0 Å². The van der Waals surface area contributed by atoms with Gasteiger partial charge < -0.3 is 10.6 Å². The van der Waals surface area contributed by atoms with E-state index in [0.717, 1.165) is 49.9 Å². The average molecular weight is 389 g/mol. The molecular weight excluding hydrogens is 360 g/mol. The van der Waals surface area contributed by atoms with Crippen LogP contribution >= 0.6 is 12.4 Å². The van der Waals surface area contributed by atoms with Crippen LogP contribution in [0.15, 0.2) is 24.3 Å². The van der Waals surface area contributed by atoms with Gasteiger partial charge in [-0.15, -0.1) is 12.4 Å². The SMILES string of the molecule is CCc1ccc(-n2nc(C(=O)N3CC(CN)CC3C)c3c2CCC3)cc1.Cl. The molecule has 0 bridgehead atoms. The first-order chi connectivity index (χ1) is 12.6. The van der Waals surface area contributed by atoms with Gasteiger partial charge in [0.2, 0.25) is 0 Å². The number of carbonyl (C=O) groups is 1. The minimum Gasteiger partial charge on any atom is -0.334 e. The molecule has 1 saturated heterocycles. The third-order valence-electron chi connectivity index (χ3n) is 5.98. The first-order valence-corrected chi connectivity index (χ1v) is 9.83. The third kappa shape index (κ3) is 3.50. The van der Waals surface area contributed by atoms with Crippen LogP contribution in [0.3, 0.4) is 0 Å². The van der Waals surface area contributed by atoms with Gasteiger partial charge in [-0.25, -0.2) is 4.68 Å². The van der Waals surface area contributed by atoms with E-state index in [9.17, 15) is 4.79 Å². The molecule has 0 spiro atoms. The van der Waals surface area contributed by atoms with Crippen LogP contribution in [0, 0.1) is 5.92 Å². The maximum atomic E-state index is 13.2. The van der Waals surface area contributed by atoms with Crippen molar-refractivity contribution >= 4 is 18.3 Å². The van der Waals surface area contributed by atoms with Crippen LogP contribution in [0.4, 0.5) is 0 Å². The van der Waals surface area contributed by atoms with Crippen molar-refractivity contribution in [3.63, 3.8) is 0 Å². The van der Waals surface area contributed by atoms with Gasteiger partial charge >= 0.3 is 0 Å². The molecule has 2 N–H and O–H groups in total. The molecule has 1 aromatic carbocycles. The van der Waals surface area contributed by atoms with E-state index in [4.69, 9.17) is 10.8 Å². The number of halogens is 1. The van der Waals surface area contributed by atoms with Crippen LogP contribution in [-0.4, -0.2) is 39.7 Å². The van der Waals surface area contributed by atoms with Crippen molar-refractivity contribution in [1.29, 1.82) is 0 Å². The van der Waals surface area contributed by atoms with Gasteiger partial charge in [-0.3, -0.25) is 4.79 Å². The second-order valence-electron chi connectivity index (χ2n) is 7.70. The molecule has 2 aromatic rings. The van der Waals surface area contributed by atoms with E-state index in [0.29, 0.717) is 18.2 Å². The van der Waals surface area contributed by atoms with Gasteiger partial charge in [0, 0.05) is 23.8 Å². The van der Waals surface area contributed by atoms with E-state index in [1.807, 2.05) is 9.58 Å². The number of nitrogens with zero attached hydrogens (tertiary/aromatic N) is 3. The quantitative estimate of drug-likeness (QED) is 0.874. The molecule has 2 unspecified atom stereocenters. The second kappa shape index (κ2) is 8.03. The number of nitrogens with two attached hydrogens (primary N) is 1. The molecule has 6 heteroatoms. The van der Waals surface area contributed by atoms with Crippen molar-refractivity contribution in [3.8, 4) is 5.69 Å². The number of hydrogen-bond donors (Lipinski definition) is 1. The van der Waals surface area contributed by atoms with E-state index in [1.54, 1.807) is 0 Å². The van der Waals surface area contributed by atoms with Gasteiger partial charge in [0.05, 0.1) is 5.69 Å². The minimum atomic E-state index is 0. The zero-order valence-electron chi connectivity index (χ0n) is 16.1. The average Bonchev–Trinajstić information content (AvgIpc) is 3.36. The molecular formula is C21H29ClN4O. The van der Waals surface area contributed by atoms with Crippen LogP contribution in [-0.2, 0) is 19.3 Å². The molecule has 1 fully saturated rings. The second-order valence-corrected chi connectivity index (χ2v) is 7.70. The fourth-order valence-electron chi connectivity index (χ4n) is 4.43. The highest BCUT2D eigenvalue weighted by Gasteiger charge is 2.36. The summed E-state index contributed by atoms with van der Waals surface area (Å²) >= 11 is 0. The van der Waals surface area contributed by atoms with E-state index >= 15 is 0 Å². The number of carbonyl (C=O) groups excluding carboxylic acids is 1. The number of rotatable bonds is 4. The molecule has 5 nitrogen and oxygen atoms in total. The predicted octanol–water partition coefficient (Wildman–Crippen LogP) is 3.15. The molecule has 27 heavy (non-hydrogen) atoms. The van der Waals surface area contributed by atoms with Gasteiger partial charge in [0.1, 0.15) is 0 Å². The zero-order valence-corrected chi connectivity index (χ0v) is 17.0.